The van der Waals surface area contributed by atoms with Crippen LogP contribution in [0.2, 0.25) is 0 Å². The molecule has 0 spiro atoms. The van der Waals surface area contributed by atoms with Gasteiger partial charge in [-0.25, -0.2) is 0 Å². The van der Waals surface area contributed by atoms with E-state index in [9.17, 15) is 4.79 Å². The Morgan fingerprint density at radius 1 is 1.27 bits per heavy atom. The van der Waals surface area contributed by atoms with Gasteiger partial charge in [-0.05, 0) is 25.2 Å². The van der Waals surface area contributed by atoms with Crippen molar-refractivity contribution in [3.8, 4) is 0 Å². The standard InChI is InChI=1S/C12H20ClNO/c1-9-6-7-14(8-11(9)13)12(15)10-4-2-3-5-10/h9-11H,2-8H2,1H3. The SMILES string of the molecule is CC1CCN(C(=O)C2CCCC2)CC1Cl. The molecule has 1 saturated heterocycles. The second kappa shape index (κ2) is 4.73. The molecule has 15 heavy (non-hydrogen) atoms. The Balaban J connectivity index is 1.90. The van der Waals surface area contributed by atoms with Gasteiger partial charge in [-0.1, -0.05) is 19.8 Å². The molecule has 2 fully saturated rings. The lowest BCUT2D eigenvalue weighted by molar-refractivity contribution is -0.136. The molecule has 1 amide bonds. The Morgan fingerprint density at radius 3 is 2.53 bits per heavy atom. The summed E-state index contributed by atoms with van der Waals surface area (Å²) in [6, 6.07) is 0. The average Bonchev–Trinajstić information content (AvgIpc) is 2.74. The smallest absolute Gasteiger partial charge is 0.225 e. The highest BCUT2D eigenvalue weighted by Crippen LogP contribution is 2.29. The van der Waals surface area contributed by atoms with E-state index in [1.54, 1.807) is 0 Å². The Hall–Kier alpha value is -0.240. The average molecular weight is 230 g/mol. The van der Waals surface area contributed by atoms with E-state index >= 15 is 0 Å². The van der Waals surface area contributed by atoms with Gasteiger partial charge in [0.1, 0.15) is 0 Å². The van der Waals surface area contributed by atoms with Crippen molar-refractivity contribution in [2.45, 2.75) is 44.4 Å². The van der Waals surface area contributed by atoms with E-state index < -0.39 is 0 Å². The van der Waals surface area contributed by atoms with Crippen LogP contribution in [0.15, 0.2) is 0 Å². The zero-order chi connectivity index (χ0) is 10.8. The van der Waals surface area contributed by atoms with Gasteiger partial charge in [0.05, 0.1) is 5.38 Å². The van der Waals surface area contributed by atoms with Gasteiger partial charge < -0.3 is 4.90 Å². The number of hydrogen-bond donors (Lipinski definition) is 0. The first-order valence-corrected chi connectivity index (χ1v) is 6.55. The highest BCUT2D eigenvalue weighted by molar-refractivity contribution is 6.21. The van der Waals surface area contributed by atoms with Gasteiger partial charge in [-0.2, -0.15) is 0 Å². The molecule has 0 bridgehead atoms. The second-order valence-electron chi connectivity index (χ2n) is 5.05. The topological polar surface area (TPSA) is 20.3 Å². The molecule has 1 heterocycles. The van der Waals surface area contributed by atoms with E-state index in [1.165, 1.54) is 12.8 Å². The van der Waals surface area contributed by atoms with Crippen LogP contribution < -0.4 is 0 Å². The molecule has 0 aromatic rings. The lowest BCUT2D eigenvalue weighted by Crippen LogP contribution is -2.45. The van der Waals surface area contributed by atoms with Gasteiger partial charge >= 0.3 is 0 Å². The van der Waals surface area contributed by atoms with E-state index in [0.717, 1.165) is 32.4 Å². The molecule has 2 rings (SSSR count). The molecule has 0 aromatic heterocycles. The van der Waals surface area contributed by atoms with E-state index in [2.05, 4.69) is 6.92 Å². The van der Waals surface area contributed by atoms with Crippen molar-refractivity contribution < 1.29 is 4.79 Å². The summed E-state index contributed by atoms with van der Waals surface area (Å²) in [4.78, 5) is 14.1. The Labute approximate surface area is 97.0 Å². The van der Waals surface area contributed by atoms with Crippen molar-refractivity contribution >= 4 is 17.5 Å². The molecular weight excluding hydrogens is 210 g/mol. The zero-order valence-electron chi connectivity index (χ0n) is 9.42. The molecule has 0 aromatic carbocycles. The highest BCUT2D eigenvalue weighted by Gasteiger charge is 2.32. The van der Waals surface area contributed by atoms with Crippen LogP contribution in [-0.4, -0.2) is 29.3 Å². The molecule has 1 aliphatic heterocycles. The van der Waals surface area contributed by atoms with E-state index in [0.29, 0.717) is 17.7 Å². The number of piperidine rings is 1. The van der Waals surface area contributed by atoms with Gasteiger partial charge in [0.25, 0.3) is 0 Å². The summed E-state index contributed by atoms with van der Waals surface area (Å²) >= 11 is 6.22. The molecule has 0 radical (unpaired) electrons. The summed E-state index contributed by atoms with van der Waals surface area (Å²) in [5.74, 6) is 1.23. The summed E-state index contributed by atoms with van der Waals surface area (Å²) in [6.07, 6.45) is 5.71. The number of nitrogens with zero attached hydrogens (tertiary/aromatic N) is 1. The molecule has 1 aliphatic carbocycles. The molecule has 2 unspecified atom stereocenters. The van der Waals surface area contributed by atoms with Crippen molar-refractivity contribution in [1.29, 1.82) is 0 Å². The van der Waals surface area contributed by atoms with Crippen LogP contribution in [0.5, 0.6) is 0 Å². The lowest BCUT2D eigenvalue weighted by Gasteiger charge is -2.35. The summed E-state index contributed by atoms with van der Waals surface area (Å²) in [6.45, 7) is 3.85. The number of hydrogen-bond acceptors (Lipinski definition) is 1. The summed E-state index contributed by atoms with van der Waals surface area (Å²) < 4.78 is 0. The maximum Gasteiger partial charge on any atom is 0.225 e. The highest BCUT2D eigenvalue weighted by atomic mass is 35.5. The zero-order valence-corrected chi connectivity index (χ0v) is 10.2. The minimum atomic E-state index is 0.157. The van der Waals surface area contributed by atoms with Crippen LogP contribution >= 0.6 is 11.6 Å². The van der Waals surface area contributed by atoms with Crippen molar-refractivity contribution in [2.75, 3.05) is 13.1 Å². The molecule has 1 saturated carbocycles. The summed E-state index contributed by atoms with van der Waals surface area (Å²) in [5, 5.41) is 0.157. The first-order chi connectivity index (χ1) is 7.18. The van der Waals surface area contributed by atoms with Gasteiger partial charge in [0, 0.05) is 19.0 Å². The summed E-state index contributed by atoms with van der Waals surface area (Å²) in [5.41, 5.74) is 0. The van der Waals surface area contributed by atoms with Gasteiger partial charge in [0.2, 0.25) is 5.91 Å². The van der Waals surface area contributed by atoms with Crippen molar-refractivity contribution in [1.82, 2.24) is 4.90 Å². The first-order valence-electron chi connectivity index (χ1n) is 6.11. The van der Waals surface area contributed by atoms with Crippen LogP contribution in [0.1, 0.15) is 39.0 Å². The van der Waals surface area contributed by atoms with Gasteiger partial charge in [0.15, 0.2) is 0 Å². The molecule has 3 heteroatoms. The third-order valence-corrected chi connectivity index (χ3v) is 4.45. The molecular formula is C12H20ClNO. The van der Waals surface area contributed by atoms with Crippen LogP contribution in [0.25, 0.3) is 0 Å². The van der Waals surface area contributed by atoms with E-state index in [4.69, 9.17) is 11.6 Å². The van der Waals surface area contributed by atoms with Crippen molar-refractivity contribution in [2.24, 2.45) is 11.8 Å². The third kappa shape index (κ3) is 2.47. The van der Waals surface area contributed by atoms with Crippen LogP contribution in [-0.2, 0) is 4.79 Å². The normalized spacial score (nSPS) is 33.3. The van der Waals surface area contributed by atoms with E-state index in [1.807, 2.05) is 4.90 Å². The molecule has 0 N–H and O–H groups in total. The maximum absolute atomic E-state index is 12.1. The Bertz CT molecular complexity index is 238. The summed E-state index contributed by atoms with van der Waals surface area (Å²) in [7, 11) is 0. The Morgan fingerprint density at radius 2 is 1.93 bits per heavy atom. The monoisotopic (exact) mass is 229 g/mol. The van der Waals surface area contributed by atoms with Crippen molar-refractivity contribution in [3.05, 3.63) is 0 Å². The third-order valence-electron chi connectivity index (χ3n) is 3.88. The number of alkyl halides is 1. The number of halogens is 1. The fourth-order valence-corrected chi connectivity index (χ4v) is 2.95. The molecule has 2 nitrogen and oxygen atoms in total. The fourth-order valence-electron chi connectivity index (χ4n) is 2.65. The fraction of sp³-hybridized carbons (Fsp3) is 0.917. The predicted octanol–water partition coefficient (Wildman–Crippen LogP) is 2.65. The number of amides is 1. The molecule has 2 aliphatic rings. The minimum absolute atomic E-state index is 0.157. The van der Waals surface area contributed by atoms with Gasteiger partial charge in [-0.3, -0.25) is 4.79 Å². The maximum atomic E-state index is 12.1. The Kier molecular flexibility index (Phi) is 3.55. The predicted molar refractivity (Wildman–Crippen MR) is 62.0 cm³/mol. The van der Waals surface area contributed by atoms with Gasteiger partial charge in [-0.15, -0.1) is 11.6 Å². The quantitative estimate of drug-likeness (QED) is 0.633. The van der Waals surface area contributed by atoms with Crippen LogP contribution in [0, 0.1) is 11.8 Å². The second-order valence-corrected chi connectivity index (χ2v) is 5.61. The number of likely N-dealkylation sites (tertiary alicyclic amines) is 1. The first kappa shape index (κ1) is 11.3. The molecule has 86 valence electrons. The lowest BCUT2D eigenvalue weighted by atomic mass is 9.96. The van der Waals surface area contributed by atoms with Crippen LogP contribution in [0.3, 0.4) is 0 Å². The largest absolute Gasteiger partial charge is 0.341 e. The number of rotatable bonds is 1. The molecule has 2 atom stereocenters. The minimum Gasteiger partial charge on any atom is -0.341 e. The van der Waals surface area contributed by atoms with E-state index in [-0.39, 0.29) is 5.38 Å². The number of carbonyl (C=O) groups is 1. The van der Waals surface area contributed by atoms with Crippen molar-refractivity contribution in [3.63, 3.8) is 0 Å². The number of carbonyl (C=O) groups excluding carboxylic acids is 1. The van der Waals surface area contributed by atoms with Crippen LogP contribution in [0.4, 0.5) is 0 Å².